The van der Waals surface area contributed by atoms with E-state index in [0.717, 1.165) is 24.8 Å². The van der Waals surface area contributed by atoms with Crippen molar-refractivity contribution in [3.63, 3.8) is 0 Å². The fourth-order valence-electron chi connectivity index (χ4n) is 7.14. The molecule has 0 unspecified atom stereocenters. The number of hydrogen-bond acceptors (Lipinski definition) is 2. The minimum atomic E-state index is 0.751. The van der Waals surface area contributed by atoms with Crippen LogP contribution in [0.3, 0.4) is 0 Å². The maximum absolute atomic E-state index is 4.02. The number of nitrogens with one attached hydrogen (secondary N) is 2. The smallest absolute Gasteiger partial charge is 0.00670 e. The molecule has 280 valence electrons. The van der Waals surface area contributed by atoms with Gasteiger partial charge in [-0.25, -0.2) is 0 Å². The van der Waals surface area contributed by atoms with Crippen LogP contribution in [-0.4, -0.2) is 25.7 Å². The van der Waals surface area contributed by atoms with Gasteiger partial charge in [0, 0.05) is 6.04 Å². The van der Waals surface area contributed by atoms with Gasteiger partial charge in [-0.3, -0.25) is 0 Å². The third-order valence-electron chi connectivity index (χ3n) is 10.4. The predicted molar refractivity (Wildman–Crippen MR) is 219 cm³/mol. The van der Waals surface area contributed by atoms with Crippen LogP contribution in [0.5, 0.6) is 0 Å². The Morgan fingerprint density at radius 3 is 1.35 bits per heavy atom. The molecule has 1 aliphatic heterocycles. The second-order valence-corrected chi connectivity index (χ2v) is 15.1. The van der Waals surface area contributed by atoms with Gasteiger partial charge < -0.3 is 10.6 Å². The fourth-order valence-corrected chi connectivity index (χ4v) is 7.14. The van der Waals surface area contributed by atoms with Gasteiger partial charge in [-0.15, -0.1) is 0 Å². The number of rotatable bonds is 36. The van der Waals surface area contributed by atoms with Gasteiger partial charge in [0.15, 0.2) is 0 Å². The van der Waals surface area contributed by atoms with Crippen molar-refractivity contribution in [1.29, 1.82) is 0 Å². The van der Waals surface area contributed by atoms with Crippen molar-refractivity contribution in [2.24, 2.45) is 5.92 Å². The average Bonchev–Trinajstić information content (AvgIpc) is 3.11. The van der Waals surface area contributed by atoms with Crippen molar-refractivity contribution in [3.05, 3.63) is 48.6 Å². The van der Waals surface area contributed by atoms with Crippen molar-refractivity contribution >= 4 is 0 Å². The van der Waals surface area contributed by atoms with E-state index in [0.29, 0.717) is 0 Å². The first-order valence-corrected chi connectivity index (χ1v) is 21.9. The summed E-state index contributed by atoms with van der Waals surface area (Å²) < 4.78 is 0. The van der Waals surface area contributed by atoms with E-state index in [1.807, 2.05) is 0 Å². The molecule has 0 spiro atoms. The van der Waals surface area contributed by atoms with E-state index >= 15 is 0 Å². The van der Waals surface area contributed by atoms with Crippen LogP contribution >= 0.6 is 0 Å². The summed E-state index contributed by atoms with van der Waals surface area (Å²) in [6, 6.07) is 0.751. The zero-order valence-corrected chi connectivity index (χ0v) is 32.8. The Morgan fingerprint density at radius 2 is 0.896 bits per heavy atom. The summed E-state index contributed by atoms with van der Waals surface area (Å²) in [5.41, 5.74) is 0. The Labute approximate surface area is 302 Å². The summed E-state index contributed by atoms with van der Waals surface area (Å²) in [7, 11) is 0. The lowest BCUT2D eigenvalue weighted by Gasteiger charge is -2.23. The first kappa shape index (κ1) is 44.9. The maximum Gasteiger partial charge on any atom is 0.00670 e. The highest BCUT2D eigenvalue weighted by Crippen LogP contribution is 2.19. The van der Waals surface area contributed by atoms with Gasteiger partial charge in [-0.2, -0.15) is 0 Å². The molecule has 0 aliphatic carbocycles. The minimum Gasteiger partial charge on any atom is -0.317 e. The monoisotopic (exact) mass is 667 g/mol. The Morgan fingerprint density at radius 1 is 0.479 bits per heavy atom. The van der Waals surface area contributed by atoms with Crippen molar-refractivity contribution in [3.8, 4) is 0 Å². The van der Waals surface area contributed by atoms with E-state index in [4.69, 9.17) is 0 Å². The molecule has 0 saturated carbocycles. The van der Waals surface area contributed by atoms with E-state index in [-0.39, 0.29) is 0 Å². The summed E-state index contributed by atoms with van der Waals surface area (Å²) in [4.78, 5) is 0. The normalized spacial score (nSPS) is 15.3. The van der Waals surface area contributed by atoms with Crippen LogP contribution in [0, 0.1) is 5.92 Å². The maximum atomic E-state index is 4.02. The topological polar surface area (TPSA) is 24.1 Å². The molecule has 2 N–H and O–H groups in total. The summed E-state index contributed by atoms with van der Waals surface area (Å²) in [5, 5.41) is 7.55. The van der Waals surface area contributed by atoms with Crippen molar-refractivity contribution < 1.29 is 0 Å². The van der Waals surface area contributed by atoms with Gasteiger partial charge in [0.05, 0.1) is 0 Å². The van der Waals surface area contributed by atoms with Gasteiger partial charge >= 0.3 is 0 Å². The van der Waals surface area contributed by atoms with Crippen molar-refractivity contribution in [2.75, 3.05) is 19.6 Å². The highest BCUT2D eigenvalue weighted by molar-refractivity contribution is 4.93. The molecule has 2 nitrogen and oxygen atoms in total. The van der Waals surface area contributed by atoms with Crippen LogP contribution < -0.4 is 10.6 Å². The second kappa shape index (κ2) is 38.7. The number of allylic oxidation sites excluding steroid dienone is 8. The molecule has 0 bridgehead atoms. The summed E-state index contributed by atoms with van der Waals surface area (Å²) >= 11 is 0. The van der Waals surface area contributed by atoms with E-state index in [1.54, 1.807) is 0 Å². The Bertz CT molecular complexity index is 680. The molecule has 0 aromatic heterocycles. The first-order chi connectivity index (χ1) is 23.9. The van der Waals surface area contributed by atoms with E-state index in [2.05, 4.69) is 73.1 Å². The molecule has 1 heterocycles. The lowest BCUT2D eigenvalue weighted by Crippen LogP contribution is -2.30. The van der Waals surface area contributed by atoms with Gasteiger partial charge in [0.25, 0.3) is 0 Å². The average molecular weight is 667 g/mol. The zero-order chi connectivity index (χ0) is 34.3. The second-order valence-electron chi connectivity index (χ2n) is 15.1. The van der Waals surface area contributed by atoms with Gasteiger partial charge in [-0.1, -0.05) is 165 Å². The van der Waals surface area contributed by atoms with Crippen LogP contribution in [0.15, 0.2) is 48.6 Å². The molecule has 0 atom stereocenters. The van der Waals surface area contributed by atoms with Crippen LogP contribution in [0.4, 0.5) is 0 Å². The summed E-state index contributed by atoms with van der Waals surface area (Å²) in [5.74, 6) is 0.985. The van der Waals surface area contributed by atoms with Crippen LogP contribution in [0.2, 0.25) is 0 Å². The van der Waals surface area contributed by atoms with Gasteiger partial charge in [0.2, 0.25) is 0 Å². The predicted octanol–water partition coefficient (Wildman–Crippen LogP) is 14.5. The summed E-state index contributed by atoms with van der Waals surface area (Å²) in [6.07, 6.45) is 61.1. The van der Waals surface area contributed by atoms with Gasteiger partial charge in [0.1, 0.15) is 0 Å². The molecular formula is C46H86N2. The molecule has 48 heavy (non-hydrogen) atoms. The van der Waals surface area contributed by atoms with Crippen LogP contribution in [0.25, 0.3) is 0 Å². The fraction of sp³-hybridized carbons (Fsp3) is 0.826. The molecule has 0 amide bonds. The molecular weight excluding hydrogens is 581 g/mol. The third-order valence-corrected chi connectivity index (χ3v) is 10.4. The van der Waals surface area contributed by atoms with E-state index < -0.39 is 0 Å². The molecule has 0 aromatic carbocycles. The molecule has 0 radical (unpaired) electrons. The molecule has 2 heteroatoms. The molecule has 1 rings (SSSR count). The highest BCUT2D eigenvalue weighted by Gasteiger charge is 2.12. The quantitative estimate of drug-likeness (QED) is 0.0514. The summed E-state index contributed by atoms with van der Waals surface area (Å²) in [6.45, 7) is 8.28. The highest BCUT2D eigenvalue weighted by atomic mass is 14.9. The van der Waals surface area contributed by atoms with E-state index in [9.17, 15) is 0 Å². The Balaban J connectivity index is 2.11. The molecule has 1 fully saturated rings. The number of piperidine rings is 1. The lowest BCUT2D eigenvalue weighted by molar-refractivity contribution is 0.339. The van der Waals surface area contributed by atoms with Gasteiger partial charge in [-0.05, 0) is 122 Å². The van der Waals surface area contributed by atoms with Crippen LogP contribution in [0.1, 0.15) is 213 Å². The molecule has 0 aromatic rings. The number of unbranched alkanes of at least 4 members (excludes halogenated alkanes) is 19. The van der Waals surface area contributed by atoms with E-state index in [1.165, 1.54) is 206 Å². The van der Waals surface area contributed by atoms with Crippen LogP contribution in [-0.2, 0) is 0 Å². The SMILES string of the molecule is CCCCCC=CCC=CCCCCCCCCC(CCCCCCCCC=CCC=CCCCCC)NCCCCC1CCNCC1. The molecule has 1 saturated heterocycles. The van der Waals surface area contributed by atoms with Crippen molar-refractivity contribution in [1.82, 2.24) is 10.6 Å². The third kappa shape index (κ3) is 33.4. The lowest BCUT2D eigenvalue weighted by atomic mass is 9.92. The minimum absolute atomic E-state index is 0.751. The first-order valence-electron chi connectivity index (χ1n) is 21.9. The largest absolute Gasteiger partial charge is 0.317 e. The Kier molecular flexibility index (Phi) is 36.2. The van der Waals surface area contributed by atoms with Crippen molar-refractivity contribution in [2.45, 2.75) is 219 Å². The number of hydrogen-bond donors (Lipinski definition) is 2. The standard InChI is InChI=1S/C46H86N2/c1-3-5-7-9-11-13-15-17-19-21-23-25-27-29-31-33-38-46(48-42-36-35-37-45-40-43-47-44-41-45)39-34-32-30-28-26-24-22-20-18-16-14-12-10-8-6-4-2/h11-14,17-20,45-48H,3-10,15-16,21-44H2,1-2H3. The zero-order valence-electron chi connectivity index (χ0n) is 32.8. The Hall–Kier alpha value is -1.12. The molecule has 1 aliphatic rings.